The van der Waals surface area contributed by atoms with Crippen LogP contribution in [0.15, 0.2) is 96.1 Å². The molecule has 1 N–H and O–H groups in total. The highest BCUT2D eigenvalue weighted by molar-refractivity contribution is 7.92. The van der Waals surface area contributed by atoms with E-state index < -0.39 is 15.9 Å². The van der Waals surface area contributed by atoms with Gasteiger partial charge in [-0.25, -0.2) is 13.8 Å². The van der Waals surface area contributed by atoms with Crippen molar-refractivity contribution >= 4 is 38.6 Å². The molecule has 0 bridgehead atoms. The zero-order chi connectivity index (χ0) is 25.5. The highest BCUT2D eigenvalue weighted by Crippen LogP contribution is 2.19. The minimum atomic E-state index is -3.64. The maximum atomic E-state index is 12.4. The Hall–Kier alpha value is -4.17. The average Bonchev–Trinajstić information content (AvgIpc) is 2.86. The normalized spacial score (nSPS) is 11.5. The third-order valence-electron chi connectivity index (χ3n) is 5.48. The van der Waals surface area contributed by atoms with Crippen molar-refractivity contribution in [3.8, 4) is 5.75 Å². The third kappa shape index (κ3) is 6.70. The van der Waals surface area contributed by atoms with Crippen molar-refractivity contribution in [3.63, 3.8) is 0 Å². The minimum Gasteiger partial charge on any atom is -0.489 e. The van der Waals surface area contributed by atoms with Gasteiger partial charge in [-0.1, -0.05) is 48.5 Å². The second-order valence-electron chi connectivity index (χ2n) is 8.44. The molecule has 0 aromatic heterocycles. The topological polar surface area (TPSA) is 88.1 Å². The molecule has 4 aromatic carbocycles. The standard InChI is InChI=1S/C28H27N3O4S/c1-21-6-5-9-26(16-21)31(36(2,33)34)19-28(32)30-29-18-22-11-14-27(15-12-22)35-20-23-10-13-24-7-3-4-8-25(24)17-23/h3-18H,19-20H2,1-2H3,(H,30,32)/b29-18-. The van der Waals surface area contributed by atoms with E-state index in [1.807, 2.05) is 49.4 Å². The molecule has 0 atom stereocenters. The summed E-state index contributed by atoms with van der Waals surface area (Å²) < 4.78 is 31.3. The number of aryl methyl sites for hydroxylation is 1. The Morgan fingerprint density at radius 3 is 2.42 bits per heavy atom. The molecular formula is C28H27N3O4S. The van der Waals surface area contributed by atoms with E-state index in [1.54, 1.807) is 18.2 Å². The van der Waals surface area contributed by atoms with Crippen LogP contribution in [0.25, 0.3) is 10.8 Å². The minimum absolute atomic E-state index is 0.374. The molecule has 0 aliphatic carbocycles. The molecule has 36 heavy (non-hydrogen) atoms. The van der Waals surface area contributed by atoms with Crippen molar-refractivity contribution < 1.29 is 17.9 Å². The van der Waals surface area contributed by atoms with Crippen LogP contribution in [0.1, 0.15) is 16.7 Å². The van der Waals surface area contributed by atoms with Gasteiger partial charge in [0.25, 0.3) is 5.91 Å². The van der Waals surface area contributed by atoms with E-state index in [0.717, 1.165) is 27.3 Å². The summed E-state index contributed by atoms with van der Waals surface area (Å²) in [7, 11) is -3.64. The van der Waals surface area contributed by atoms with E-state index in [-0.39, 0.29) is 6.54 Å². The first-order valence-corrected chi connectivity index (χ1v) is 13.2. The van der Waals surface area contributed by atoms with E-state index in [9.17, 15) is 13.2 Å². The fourth-order valence-electron chi connectivity index (χ4n) is 3.67. The molecule has 0 saturated heterocycles. The Morgan fingerprint density at radius 2 is 1.69 bits per heavy atom. The van der Waals surface area contributed by atoms with Gasteiger partial charge >= 0.3 is 0 Å². The molecule has 0 aliphatic rings. The first kappa shape index (κ1) is 24.9. The quantitative estimate of drug-likeness (QED) is 0.267. The van der Waals surface area contributed by atoms with Crippen molar-refractivity contribution in [2.45, 2.75) is 13.5 Å². The van der Waals surface area contributed by atoms with Crippen LogP contribution in [-0.2, 0) is 21.4 Å². The van der Waals surface area contributed by atoms with Gasteiger partial charge in [0.1, 0.15) is 18.9 Å². The number of anilines is 1. The molecular weight excluding hydrogens is 474 g/mol. The monoisotopic (exact) mass is 501 g/mol. The van der Waals surface area contributed by atoms with Gasteiger partial charge < -0.3 is 4.74 Å². The van der Waals surface area contributed by atoms with Crippen LogP contribution in [0.2, 0.25) is 0 Å². The van der Waals surface area contributed by atoms with E-state index in [0.29, 0.717) is 18.0 Å². The summed E-state index contributed by atoms with van der Waals surface area (Å²) >= 11 is 0. The second kappa shape index (κ2) is 11.0. The number of amides is 1. The van der Waals surface area contributed by atoms with E-state index in [2.05, 4.69) is 40.9 Å². The summed E-state index contributed by atoms with van der Waals surface area (Å²) in [6.45, 7) is 1.93. The SMILES string of the molecule is Cc1cccc(N(CC(=O)N/N=C\c2ccc(OCc3ccc4ccccc4c3)cc2)S(C)(=O)=O)c1. The fraction of sp³-hybridized carbons (Fsp3) is 0.143. The van der Waals surface area contributed by atoms with Crippen molar-refractivity contribution in [1.82, 2.24) is 5.43 Å². The number of nitrogens with one attached hydrogen (secondary N) is 1. The molecule has 0 unspecified atom stereocenters. The smallest absolute Gasteiger partial charge is 0.260 e. The maximum Gasteiger partial charge on any atom is 0.260 e. The first-order chi connectivity index (χ1) is 17.3. The van der Waals surface area contributed by atoms with Gasteiger partial charge in [-0.2, -0.15) is 5.10 Å². The lowest BCUT2D eigenvalue weighted by Crippen LogP contribution is -2.39. The molecule has 0 fully saturated rings. The number of hydrazone groups is 1. The Labute approximate surface area is 211 Å². The Balaban J connectivity index is 1.31. The number of hydrogen-bond acceptors (Lipinski definition) is 5. The molecule has 0 heterocycles. The van der Waals surface area contributed by atoms with Crippen LogP contribution in [0.5, 0.6) is 5.75 Å². The summed E-state index contributed by atoms with van der Waals surface area (Å²) in [4.78, 5) is 12.4. The molecule has 0 saturated carbocycles. The van der Waals surface area contributed by atoms with Crippen LogP contribution >= 0.6 is 0 Å². The van der Waals surface area contributed by atoms with Crippen molar-refractivity contribution in [1.29, 1.82) is 0 Å². The van der Waals surface area contributed by atoms with Crippen molar-refractivity contribution in [2.24, 2.45) is 5.10 Å². The Bertz CT molecular complexity index is 1500. The van der Waals surface area contributed by atoms with Gasteiger partial charge in [0.15, 0.2) is 0 Å². The predicted octanol–water partition coefficient (Wildman–Crippen LogP) is 4.64. The van der Waals surface area contributed by atoms with E-state index in [1.165, 1.54) is 17.0 Å². The zero-order valence-electron chi connectivity index (χ0n) is 20.1. The summed E-state index contributed by atoms with van der Waals surface area (Å²) in [5.74, 6) is 0.166. The van der Waals surface area contributed by atoms with Crippen LogP contribution in [-0.4, -0.2) is 33.3 Å². The molecule has 0 radical (unpaired) electrons. The lowest BCUT2D eigenvalue weighted by atomic mass is 10.1. The third-order valence-corrected chi connectivity index (χ3v) is 6.62. The van der Waals surface area contributed by atoms with Crippen LogP contribution in [0.4, 0.5) is 5.69 Å². The average molecular weight is 502 g/mol. The second-order valence-corrected chi connectivity index (χ2v) is 10.3. The zero-order valence-corrected chi connectivity index (χ0v) is 20.9. The number of nitrogens with zero attached hydrogens (tertiary/aromatic N) is 2. The molecule has 1 amide bonds. The molecule has 7 nitrogen and oxygen atoms in total. The van der Waals surface area contributed by atoms with Crippen LogP contribution in [0, 0.1) is 6.92 Å². The molecule has 0 aliphatic heterocycles. The molecule has 184 valence electrons. The number of sulfonamides is 1. The molecule has 0 spiro atoms. The largest absolute Gasteiger partial charge is 0.489 e. The van der Waals surface area contributed by atoms with E-state index in [4.69, 9.17) is 4.74 Å². The lowest BCUT2D eigenvalue weighted by Gasteiger charge is -2.21. The van der Waals surface area contributed by atoms with Gasteiger partial charge in [0, 0.05) is 0 Å². The maximum absolute atomic E-state index is 12.4. The van der Waals surface area contributed by atoms with Crippen LogP contribution in [0.3, 0.4) is 0 Å². The Kier molecular flexibility index (Phi) is 7.65. The molecule has 4 rings (SSSR count). The summed E-state index contributed by atoms with van der Waals surface area (Å²) in [6.07, 6.45) is 2.55. The van der Waals surface area contributed by atoms with E-state index >= 15 is 0 Å². The number of rotatable bonds is 9. The highest BCUT2D eigenvalue weighted by atomic mass is 32.2. The van der Waals surface area contributed by atoms with Crippen molar-refractivity contribution in [2.75, 3.05) is 17.1 Å². The van der Waals surface area contributed by atoms with Gasteiger partial charge in [-0.05, 0) is 76.9 Å². The van der Waals surface area contributed by atoms with Gasteiger partial charge in [0.2, 0.25) is 10.0 Å². The lowest BCUT2D eigenvalue weighted by molar-refractivity contribution is -0.119. The number of hydrogen-bond donors (Lipinski definition) is 1. The van der Waals surface area contributed by atoms with Gasteiger partial charge in [-0.15, -0.1) is 0 Å². The fourth-order valence-corrected chi connectivity index (χ4v) is 4.52. The van der Waals surface area contributed by atoms with Crippen molar-refractivity contribution in [3.05, 3.63) is 108 Å². The summed E-state index contributed by atoms with van der Waals surface area (Å²) in [6, 6.07) is 28.7. The number of ether oxygens (including phenoxy) is 1. The molecule has 8 heteroatoms. The van der Waals surface area contributed by atoms with Gasteiger partial charge in [-0.3, -0.25) is 9.10 Å². The predicted molar refractivity (Wildman–Crippen MR) is 144 cm³/mol. The number of fused-ring (bicyclic) bond motifs is 1. The first-order valence-electron chi connectivity index (χ1n) is 11.3. The Morgan fingerprint density at radius 1 is 0.944 bits per heavy atom. The number of carbonyl (C=O) groups excluding carboxylic acids is 1. The molecule has 4 aromatic rings. The van der Waals surface area contributed by atoms with Gasteiger partial charge in [0.05, 0.1) is 18.2 Å². The summed E-state index contributed by atoms with van der Waals surface area (Å²) in [5, 5.41) is 6.32. The highest BCUT2D eigenvalue weighted by Gasteiger charge is 2.20. The number of carbonyl (C=O) groups is 1. The summed E-state index contributed by atoms with van der Waals surface area (Å²) in [5.41, 5.74) is 5.54. The number of benzene rings is 4. The van der Waals surface area contributed by atoms with Crippen LogP contribution < -0.4 is 14.5 Å².